The maximum absolute atomic E-state index is 12.9. The van der Waals surface area contributed by atoms with E-state index < -0.39 is 33.8 Å². The van der Waals surface area contributed by atoms with E-state index in [2.05, 4.69) is 4.98 Å². The minimum atomic E-state index is -3.79. The van der Waals surface area contributed by atoms with Crippen LogP contribution in [0.2, 0.25) is 0 Å². The maximum atomic E-state index is 12.9. The van der Waals surface area contributed by atoms with E-state index in [4.69, 9.17) is 14.2 Å². The first-order chi connectivity index (χ1) is 15.6. The van der Waals surface area contributed by atoms with Crippen LogP contribution in [0.1, 0.15) is 49.4 Å². The summed E-state index contributed by atoms with van der Waals surface area (Å²) in [6.45, 7) is 5.69. The summed E-state index contributed by atoms with van der Waals surface area (Å²) < 4.78 is 42.2. The molecule has 1 aliphatic heterocycles. The zero-order valence-corrected chi connectivity index (χ0v) is 19.7. The fourth-order valence-corrected chi connectivity index (χ4v) is 5.06. The number of hydrogen-bond donors (Lipinski definition) is 1. The Bertz CT molecular complexity index is 1180. The fraction of sp³-hybridized carbons (Fsp3) is 0.409. The molecule has 0 spiro atoms. The molecule has 0 bridgehead atoms. The Morgan fingerprint density at radius 3 is 2.42 bits per heavy atom. The molecule has 1 N–H and O–H groups in total. The molecule has 2 heterocycles. The number of ether oxygens (including phenoxy) is 3. The molecule has 178 valence electrons. The number of H-pyrrole nitrogens is 1. The van der Waals surface area contributed by atoms with Gasteiger partial charge in [-0.1, -0.05) is 6.07 Å². The van der Waals surface area contributed by atoms with E-state index in [1.54, 1.807) is 13.8 Å². The molecule has 1 aromatic carbocycles. The number of morpholine rings is 1. The largest absolute Gasteiger partial charge is 0.465 e. The number of benzene rings is 1. The lowest BCUT2D eigenvalue weighted by Gasteiger charge is -2.26. The first-order valence-electron chi connectivity index (χ1n) is 10.3. The maximum Gasteiger partial charge on any atom is 0.339 e. The molecule has 1 unspecified atom stereocenters. The van der Waals surface area contributed by atoms with Gasteiger partial charge in [-0.05, 0) is 44.5 Å². The number of carbonyl (C=O) groups excluding carboxylic acids is 3. The molecular formula is C22H26N2O8S. The van der Waals surface area contributed by atoms with Crippen LogP contribution in [0.3, 0.4) is 0 Å². The summed E-state index contributed by atoms with van der Waals surface area (Å²) >= 11 is 0. The molecule has 0 amide bonds. The third kappa shape index (κ3) is 5.00. The molecule has 3 rings (SSSR count). The smallest absolute Gasteiger partial charge is 0.339 e. The van der Waals surface area contributed by atoms with Crippen LogP contribution in [-0.2, 0) is 24.2 Å². The van der Waals surface area contributed by atoms with E-state index in [1.807, 2.05) is 0 Å². The monoisotopic (exact) mass is 478 g/mol. The van der Waals surface area contributed by atoms with E-state index in [0.717, 1.165) is 0 Å². The molecule has 1 atom stereocenters. The number of nitrogens with zero attached hydrogens (tertiary/aromatic N) is 1. The van der Waals surface area contributed by atoms with Crippen LogP contribution in [0, 0.1) is 13.8 Å². The van der Waals surface area contributed by atoms with Gasteiger partial charge in [0.2, 0.25) is 15.8 Å². The molecule has 0 saturated carbocycles. The summed E-state index contributed by atoms with van der Waals surface area (Å²) in [5, 5.41) is 0. The van der Waals surface area contributed by atoms with Crippen molar-refractivity contribution in [2.75, 3.05) is 33.4 Å². The van der Waals surface area contributed by atoms with Gasteiger partial charge in [0, 0.05) is 18.8 Å². The molecule has 0 radical (unpaired) electrons. The zero-order valence-electron chi connectivity index (χ0n) is 18.8. The third-order valence-electron chi connectivity index (χ3n) is 5.40. The summed E-state index contributed by atoms with van der Waals surface area (Å²) in [7, 11) is -2.55. The lowest BCUT2D eigenvalue weighted by atomic mass is 10.1. The molecule has 33 heavy (non-hydrogen) atoms. The van der Waals surface area contributed by atoms with Crippen LogP contribution in [0.5, 0.6) is 0 Å². The highest BCUT2D eigenvalue weighted by Crippen LogP contribution is 2.22. The van der Waals surface area contributed by atoms with Gasteiger partial charge in [0.05, 0.1) is 42.0 Å². The van der Waals surface area contributed by atoms with Gasteiger partial charge in [0.15, 0.2) is 6.10 Å². The van der Waals surface area contributed by atoms with Crippen molar-refractivity contribution in [1.29, 1.82) is 0 Å². The average molecular weight is 479 g/mol. The summed E-state index contributed by atoms with van der Waals surface area (Å²) in [4.78, 5) is 40.3. The van der Waals surface area contributed by atoms with Crippen LogP contribution >= 0.6 is 0 Å². The number of nitrogens with one attached hydrogen (secondary N) is 1. The molecule has 11 heteroatoms. The number of sulfonamides is 1. The van der Waals surface area contributed by atoms with E-state index in [1.165, 1.54) is 42.6 Å². The van der Waals surface area contributed by atoms with Gasteiger partial charge >= 0.3 is 11.9 Å². The number of carbonyl (C=O) groups is 3. The van der Waals surface area contributed by atoms with Crippen LogP contribution in [0.25, 0.3) is 0 Å². The Balaban J connectivity index is 1.77. The van der Waals surface area contributed by atoms with Crippen LogP contribution in [0.15, 0.2) is 29.2 Å². The van der Waals surface area contributed by atoms with Gasteiger partial charge in [0.1, 0.15) is 0 Å². The highest BCUT2D eigenvalue weighted by molar-refractivity contribution is 7.89. The normalized spacial score (nSPS) is 15.6. The molecule has 10 nitrogen and oxygen atoms in total. The Kier molecular flexibility index (Phi) is 7.35. The Morgan fingerprint density at radius 2 is 1.79 bits per heavy atom. The minimum Gasteiger partial charge on any atom is -0.465 e. The number of ketones is 1. The lowest BCUT2D eigenvalue weighted by Crippen LogP contribution is -2.40. The molecular weight excluding hydrogens is 452 g/mol. The van der Waals surface area contributed by atoms with Crippen molar-refractivity contribution in [1.82, 2.24) is 9.29 Å². The molecule has 1 aliphatic rings. The number of aromatic nitrogens is 1. The molecule has 0 aliphatic carbocycles. The molecule has 1 aromatic heterocycles. The first-order valence-corrected chi connectivity index (χ1v) is 11.7. The van der Waals surface area contributed by atoms with Gasteiger partial charge in [-0.2, -0.15) is 4.31 Å². The van der Waals surface area contributed by atoms with E-state index >= 15 is 0 Å². The van der Waals surface area contributed by atoms with Crippen molar-refractivity contribution in [2.24, 2.45) is 0 Å². The average Bonchev–Trinajstić information content (AvgIpc) is 3.12. The highest BCUT2D eigenvalue weighted by atomic mass is 32.2. The predicted molar refractivity (Wildman–Crippen MR) is 117 cm³/mol. The second-order valence-electron chi connectivity index (χ2n) is 7.57. The van der Waals surface area contributed by atoms with Crippen molar-refractivity contribution in [3.05, 3.63) is 52.3 Å². The van der Waals surface area contributed by atoms with Crippen LogP contribution in [0.4, 0.5) is 0 Å². The number of aromatic amines is 1. The number of Topliss-reactive ketones (excluding diaryl/α,β-unsaturated/α-hetero) is 1. The summed E-state index contributed by atoms with van der Waals surface area (Å²) in [6.07, 6.45) is -1.18. The quantitative estimate of drug-likeness (QED) is 0.471. The summed E-state index contributed by atoms with van der Waals surface area (Å²) in [5.41, 5.74) is 1.24. The topological polar surface area (TPSA) is 132 Å². The summed E-state index contributed by atoms with van der Waals surface area (Å²) in [6, 6.07) is 5.48. The van der Waals surface area contributed by atoms with Crippen LogP contribution < -0.4 is 0 Å². The number of methoxy groups -OCH3 is 1. The molecule has 2 aromatic rings. The molecule has 1 fully saturated rings. The highest BCUT2D eigenvalue weighted by Gasteiger charge is 2.29. The van der Waals surface area contributed by atoms with Crippen molar-refractivity contribution < 1.29 is 37.0 Å². The van der Waals surface area contributed by atoms with Crippen molar-refractivity contribution in [3.63, 3.8) is 0 Å². The van der Waals surface area contributed by atoms with E-state index in [9.17, 15) is 22.8 Å². The lowest BCUT2D eigenvalue weighted by molar-refractivity contribution is 0.0316. The Labute approximate surface area is 191 Å². The Hall–Kier alpha value is -3.02. The van der Waals surface area contributed by atoms with Gasteiger partial charge in [0.25, 0.3) is 0 Å². The van der Waals surface area contributed by atoms with Gasteiger partial charge in [-0.15, -0.1) is 0 Å². The second kappa shape index (κ2) is 9.86. The SMILES string of the molecule is COC(=O)c1c(C)[nH]c(C(=O)C(C)OC(=O)c2cccc(S(=O)(=O)N3CCOCC3)c2)c1C. The fourth-order valence-electron chi connectivity index (χ4n) is 3.61. The number of esters is 2. The summed E-state index contributed by atoms with van der Waals surface area (Å²) in [5.74, 6) is -1.96. The zero-order chi connectivity index (χ0) is 24.3. The van der Waals surface area contributed by atoms with Gasteiger partial charge in [-0.25, -0.2) is 18.0 Å². The minimum absolute atomic E-state index is 0.00128. The predicted octanol–water partition coefficient (Wildman–Crippen LogP) is 1.87. The van der Waals surface area contributed by atoms with Crippen molar-refractivity contribution in [3.8, 4) is 0 Å². The van der Waals surface area contributed by atoms with Crippen molar-refractivity contribution >= 4 is 27.7 Å². The van der Waals surface area contributed by atoms with E-state index in [0.29, 0.717) is 24.5 Å². The van der Waals surface area contributed by atoms with E-state index in [-0.39, 0.29) is 34.8 Å². The van der Waals surface area contributed by atoms with Crippen LogP contribution in [-0.4, -0.2) is 74.9 Å². The number of rotatable bonds is 7. The van der Waals surface area contributed by atoms with Gasteiger partial charge < -0.3 is 19.2 Å². The molecule has 1 saturated heterocycles. The standard InChI is InChI=1S/C22H26N2O8S/c1-13-18(22(27)30-4)14(2)23-19(13)20(25)15(3)32-21(26)16-6-5-7-17(12-16)33(28,29)24-8-10-31-11-9-24/h5-7,12,15,23H,8-11H2,1-4H3. The van der Waals surface area contributed by atoms with Crippen molar-refractivity contribution in [2.45, 2.75) is 31.8 Å². The Morgan fingerprint density at radius 1 is 1.12 bits per heavy atom. The second-order valence-corrected chi connectivity index (χ2v) is 9.51. The third-order valence-corrected chi connectivity index (χ3v) is 7.30. The number of aryl methyl sites for hydroxylation is 1. The van der Waals surface area contributed by atoms with Gasteiger partial charge in [-0.3, -0.25) is 4.79 Å². The first kappa shape index (κ1) is 24.6. The number of hydrogen-bond acceptors (Lipinski definition) is 8.